The molecule has 2 aromatic carbocycles. The Morgan fingerprint density at radius 2 is 2.00 bits per heavy atom. The maximum atomic E-state index is 5.32. The predicted octanol–water partition coefficient (Wildman–Crippen LogP) is 4.88. The minimum absolute atomic E-state index is 0.181. The second-order valence-electron chi connectivity index (χ2n) is 4.63. The van der Waals surface area contributed by atoms with E-state index in [9.17, 15) is 0 Å². The second-order valence-corrected chi connectivity index (χ2v) is 6.33. The highest BCUT2D eigenvalue weighted by Crippen LogP contribution is 2.34. The van der Waals surface area contributed by atoms with Crippen LogP contribution in [0, 0.1) is 0 Å². The van der Waals surface area contributed by atoms with Gasteiger partial charge in [-0.2, -0.15) is 0 Å². The van der Waals surface area contributed by atoms with E-state index < -0.39 is 0 Å². The van der Waals surface area contributed by atoms with Crippen LogP contribution in [0.3, 0.4) is 0 Å². The lowest BCUT2D eigenvalue weighted by atomic mass is 9.98. The normalized spacial score (nSPS) is 12.2. The van der Waals surface area contributed by atoms with Gasteiger partial charge in [-0.15, -0.1) is 11.8 Å². The van der Waals surface area contributed by atoms with Crippen molar-refractivity contribution in [1.82, 2.24) is 5.32 Å². The van der Waals surface area contributed by atoms with Crippen LogP contribution in [0.25, 0.3) is 0 Å². The molecule has 0 fully saturated rings. The van der Waals surface area contributed by atoms with Crippen LogP contribution in [0.5, 0.6) is 5.75 Å². The Kier molecular flexibility index (Phi) is 6.15. The van der Waals surface area contributed by atoms with Crippen molar-refractivity contribution < 1.29 is 4.74 Å². The number of methoxy groups -OCH3 is 1. The average Bonchev–Trinajstić information content (AvgIpc) is 2.52. The van der Waals surface area contributed by atoms with Gasteiger partial charge in [0.15, 0.2) is 0 Å². The Bertz CT molecular complexity index is 603. The highest BCUT2D eigenvalue weighted by Gasteiger charge is 2.17. The van der Waals surface area contributed by atoms with Gasteiger partial charge in [-0.3, -0.25) is 0 Å². The van der Waals surface area contributed by atoms with Crippen molar-refractivity contribution in [1.29, 1.82) is 0 Å². The van der Waals surface area contributed by atoms with Crippen molar-refractivity contribution in [2.45, 2.75) is 17.9 Å². The van der Waals surface area contributed by atoms with E-state index in [-0.39, 0.29) is 6.04 Å². The second kappa shape index (κ2) is 7.87. The minimum Gasteiger partial charge on any atom is -0.496 e. The number of hydrogen-bond acceptors (Lipinski definition) is 3. The fourth-order valence-corrected chi connectivity index (χ4v) is 3.57. The Morgan fingerprint density at radius 1 is 1.24 bits per heavy atom. The van der Waals surface area contributed by atoms with Crippen LogP contribution in [0.1, 0.15) is 24.1 Å². The van der Waals surface area contributed by atoms with Crippen molar-refractivity contribution in [3.8, 4) is 5.75 Å². The number of benzene rings is 2. The summed E-state index contributed by atoms with van der Waals surface area (Å²) in [7, 11) is 1.69. The van der Waals surface area contributed by atoms with Gasteiger partial charge in [-0.1, -0.05) is 31.2 Å². The smallest absolute Gasteiger partial charge is 0.133 e. The summed E-state index contributed by atoms with van der Waals surface area (Å²) in [6.07, 6.45) is 2.12. The number of thioether (sulfide) groups is 1. The molecular weight excluding hydrogens is 346 g/mol. The average molecular weight is 366 g/mol. The zero-order valence-corrected chi connectivity index (χ0v) is 14.9. The van der Waals surface area contributed by atoms with Crippen molar-refractivity contribution in [3.05, 3.63) is 58.1 Å². The quantitative estimate of drug-likeness (QED) is 0.737. The molecule has 1 N–H and O–H groups in total. The maximum Gasteiger partial charge on any atom is 0.133 e. The lowest BCUT2D eigenvalue weighted by Gasteiger charge is -2.22. The lowest BCUT2D eigenvalue weighted by Crippen LogP contribution is -2.22. The summed E-state index contributed by atoms with van der Waals surface area (Å²) in [4.78, 5) is 1.30. The first-order valence-corrected chi connectivity index (χ1v) is 8.92. The predicted molar refractivity (Wildman–Crippen MR) is 94.4 cm³/mol. The van der Waals surface area contributed by atoms with E-state index in [1.165, 1.54) is 16.0 Å². The largest absolute Gasteiger partial charge is 0.496 e. The van der Waals surface area contributed by atoms with Crippen LogP contribution in [0.2, 0.25) is 0 Å². The van der Waals surface area contributed by atoms with E-state index in [2.05, 4.69) is 70.8 Å². The van der Waals surface area contributed by atoms with Crippen LogP contribution >= 0.6 is 27.7 Å². The summed E-state index contributed by atoms with van der Waals surface area (Å²) in [6, 6.07) is 15.0. The van der Waals surface area contributed by atoms with E-state index in [4.69, 9.17) is 4.74 Å². The van der Waals surface area contributed by atoms with Crippen LogP contribution in [0.4, 0.5) is 0 Å². The third-order valence-electron chi connectivity index (χ3n) is 3.37. The number of hydrogen-bond donors (Lipinski definition) is 1. The van der Waals surface area contributed by atoms with Crippen molar-refractivity contribution in [2.75, 3.05) is 19.9 Å². The van der Waals surface area contributed by atoms with E-state index >= 15 is 0 Å². The van der Waals surface area contributed by atoms with Gasteiger partial charge in [0.1, 0.15) is 5.75 Å². The monoisotopic (exact) mass is 365 g/mol. The summed E-state index contributed by atoms with van der Waals surface area (Å²) >= 11 is 5.36. The summed E-state index contributed by atoms with van der Waals surface area (Å²) in [5, 5.41) is 3.58. The Morgan fingerprint density at radius 3 is 2.62 bits per heavy atom. The molecule has 2 nitrogen and oxygen atoms in total. The molecule has 0 saturated carbocycles. The van der Waals surface area contributed by atoms with Crippen LogP contribution in [-0.2, 0) is 0 Å². The number of rotatable bonds is 6. The number of nitrogens with one attached hydrogen (secondary N) is 1. The molecule has 4 heteroatoms. The zero-order chi connectivity index (χ0) is 15.2. The van der Waals surface area contributed by atoms with Gasteiger partial charge in [0.2, 0.25) is 0 Å². The minimum atomic E-state index is 0.181. The highest BCUT2D eigenvalue weighted by atomic mass is 79.9. The molecule has 0 aromatic heterocycles. The van der Waals surface area contributed by atoms with E-state index in [0.29, 0.717) is 0 Å². The maximum absolute atomic E-state index is 5.32. The topological polar surface area (TPSA) is 21.3 Å². The Balaban J connectivity index is 2.45. The standard InChI is InChI=1S/C17H20BrNOS/c1-4-19-17(13-7-5-6-8-16(13)21-3)12-9-10-15(20-2)14(18)11-12/h5-11,17,19H,4H2,1-3H3. The lowest BCUT2D eigenvalue weighted by molar-refractivity contribution is 0.411. The molecule has 2 rings (SSSR count). The van der Waals surface area contributed by atoms with Gasteiger partial charge < -0.3 is 10.1 Å². The zero-order valence-electron chi connectivity index (χ0n) is 12.5. The van der Waals surface area contributed by atoms with E-state index in [1.807, 2.05) is 6.07 Å². The Labute approximate surface area is 139 Å². The number of ether oxygens (including phenoxy) is 1. The summed E-state index contributed by atoms with van der Waals surface area (Å²) in [5.41, 5.74) is 2.54. The Hall–Kier alpha value is -0.970. The third-order valence-corrected chi connectivity index (χ3v) is 4.80. The first kappa shape index (κ1) is 16.4. The molecule has 112 valence electrons. The fourth-order valence-electron chi connectivity index (χ4n) is 2.38. The third kappa shape index (κ3) is 3.82. The van der Waals surface area contributed by atoms with E-state index in [1.54, 1.807) is 18.9 Å². The molecule has 1 atom stereocenters. The van der Waals surface area contributed by atoms with Gasteiger partial charge in [0.25, 0.3) is 0 Å². The molecular formula is C17H20BrNOS. The molecule has 1 unspecified atom stereocenters. The van der Waals surface area contributed by atoms with Gasteiger partial charge >= 0.3 is 0 Å². The molecule has 0 bridgehead atoms. The fraction of sp³-hybridized carbons (Fsp3) is 0.294. The summed E-state index contributed by atoms with van der Waals surface area (Å²) in [5.74, 6) is 0.854. The first-order valence-electron chi connectivity index (χ1n) is 6.91. The molecule has 0 radical (unpaired) electrons. The molecule has 0 saturated heterocycles. The summed E-state index contributed by atoms with van der Waals surface area (Å²) in [6.45, 7) is 3.05. The molecule has 0 aliphatic rings. The molecule has 2 aromatic rings. The van der Waals surface area contributed by atoms with Crippen LogP contribution in [0.15, 0.2) is 51.8 Å². The van der Waals surface area contributed by atoms with Gasteiger partial charge in [0.05, 0.1) is 17.6 Å². The molecule has 0 heterocycles. The molecule has 0 amide bonds. The molecule has 0 spiro atoms. The molecule has 0 aliphatic heterocycles. The highest BCUT2D eigenvalue weighted by molar-refractivity contribution is 9.10. The molecule has 21 heavy (non-hydrogen) atoms. The van der Waals surface area contributed by atoms with Crippen molar-refractivity contribution in [2.24, 2.45) is 0 Å². The van der Waals surface area contributed by atoms with Gasteiger partial charge in [-0.05, 0) is 58.1 Å². The summed E-state index contributed by atoms with van der Waals surface area (Å²) < 4.78 is 6.30. The van der Waals surface area contributed by atoms with Crippen molar-refractivity contribution >= 4 is 27.7 Å². The van der Waals surface area contributed by atoms with Gasteiger partial charge in [-0.25, -0.2) is 0 Å². The van der Waals surface area contributed by atoms with Gasteiger partial charge in [0, 0.05) is 4.90 Å². The van der Waals surface area contributed by atoms with Crippen molar-refractivity contribution in [3.63, 3.8) is 0 Å². The van der Waals surface area contributed by atoms with E-state index in [0.717, 1.165) is 16.8 Å². The SMILES string of the molecule is CCNC(c1ccc(OC)c(Br)c1)c1ccccc1SC. The number of halogens is 1. The first-order chi connectivity index (χ1) is 10.2. The molecule has 0 aliphatic carbocycles. The van der Waals surface area contributed by atoms with Crippen LogP contribution < -0.4 is 10.1 Å². The van der Waals surface area contributed by atoms with Crippen LogP contribution in [-0.4, -0.2) is 19.9 Å².